The van der Waals surface area contributed by atoms with Crippen molar-refractivity contribution in [2.24, 2.45) is 0 Å². The van der Waals surface area contributed by atoms with Crippen LogP contribution in [0.3, 0.4) is 0 Å². The first-order chi connectivity index (χ1) is 9.44. The van der Waals surface area contributed by atoms with Crippen LogP contribution in [0.1, 0.15) is 45.1 Å². The van der Waals surface area contributed by atoms with E-state index >= 15 is 0 Å². The fourth-order valence-corrected chi connectivity index (χ4v) is 2.98. The van der Waals surface area contributed by atoms with E-state index in [-0.39, 0.29) is 5.75 Å². The second kappa shape index (κ2) is 8.27. The van der Waals surface area contributed by atoms with E-state index < -0.39 is 10.0 Å². The maximum atomic E-state index is 11.9. The lowest BCUT2D eigenvalue weighted by atomic mass is 10.0. The fourth-order valence-electron chi connectivity index (χ4n) is 1.86. The van der Waals surface area contributed by atoms with E-state index in [2.05, 4.69) is 30.8 Å². The summed E-state index contributed by atoms with van der Waals surface area (Å²) in [6.07, 6.45) is 1.69. The molecule has 0 atom stereocenters. The lowest BCUT2D eigenvalue weighted by Gasteiger charge is -2.10. The van der Waals surface area contributed by atoms with Gasteiger partial charge in [0.15, 0.2) is 0 Å². The molecule has 1 aromatic rings. The molecule has 0 aliphatic rings. The Balaban J connectivity index is 2.45. The van der Waals surface area contributed by atoms with E-state index in [0.29, 0.717) is 18.0 Å². The first kappa shape index (κ1) is 17.0. The molecular weight excluding hydrogens is 272 g/mol. The van der Waals surface area contributed by atoms with Gasteiger partial charge in [-0.3, -0.25) is 4.72 Å². The molecule has 0 aromatic heterocycles. The average Bonchev–Trinajstić information content (AvgIpc) is 2.38. The molecule has 0 radical (unpaired) electrons. The van der Waals surface area contributed by atoms with Crippen LogP contribution in [0.25, 0.3) is 0 Å². The van der Waals surface area contributed by atoms with Crippen LogP contribution in [0, 0.1) is 0 Å². The van der Waals surface area contributed by atoms with Gasteiger partial charge < -0.3 is 5.32 Å². The molecule has 114 valence electrons. The molecule has 0 saturated heterocycles. The number of hydrogen-bond acceptors (Lipinski definition) is 3. The van der Waals surface area contributed by atoms with Crippen molar-refractivity contribution in [3.05, 3.63) is 29.8 Å². The average molecular weight is 298 g/mol. The van der Waals surface area contributed by atoms with Crippen molar-refractivity contribution in [2.75, 3.05) is 23.6 Å². The summed E-state index contributed by atoms with van der Waals surface area (Å²) in [4.78, 5) is 0. The van der Waals surface area contributed by atoms with E-state index in [1.54, 1.807) is 0 Å². The van der Waals surface area contributed by atoms with E-state index in [9.17, 15) is 8.42 Å². The van der Waals surface area contributed by atoms with Gasteiger partial charge in [-0.2, -0.15) is 0 Å². The summed E-state index contributed by atoms with van der Waals surface area (Å²) in [7, 11) is -3.24. The molecule has 0 heterocycles. The monoisotopic (exact) mass is 298 g/mol. The molecule has 4 nitrogen and oxygen atoms in total. The quantitative estimate of drug-likeness (QED) is 0.689. The normalized spacial score (nSPS) is 11.8. The van der Waals surface area contributed by atoms with E-state index in [1.165, 1.54) is 5.56 Å². The summed E-state index contributed by atoms with van der Waals surface area (Å²) >= 11 is 0. The van der Waals surface area contributed by atoms with Gasteiger partial charge in [0, 0.05) is 5.69 Å². The standard InChI is InChI=1S/C15H26N2O2S/c1-4-10-16-11-5-12-20(18,19)17-15-8-6-14(7-9-15)13(2)3/h6-9,13,16-17H,4-5,10-12H2,1-3H3. The minimum absolute atomic E-state index is 0.148. The Morgan fingerprint density at radius 2 is 1.75 bits per heavy atom. The van der Waals surface area contributed by atoms with Gasteiger partial charge in [-0.05, 0) is 49.5 Å². The van der Waals surface area contributed by atoms with Gasteiger partial charge in [0.05, 0.1) is 5.75 Å². The minimum atomic E-state index is -3.24. The van der Waals surface area contributed by atoms with Crippen LogP contribution in [0.5, 0.6) is 0 Å². The van der Waals surface area contributed by atoms with Crippen molar-refractivity contribution < 1.29 is 8.42 Å². The second-order valence-electron chi connectivity index (χ2n) is 5.30. The van der Waals surface area contributed by atoms with Crippen LogP contribution in [-0.4, -0.2) is 27.3 Å². The summed E-state index contributed by atoms with van der Waals surface area (Å²) in [5.74, 6) is 0.598. The third-order valence-corrected chi connectivity index (χ3v) is 4.42. The highest BCUT2D eigenvalue weighted by Crippen LogP contribution is 2.17. The van der Waals surface area contributed by atoms with Crippen LogP contribution in [0.4, 0.5) is 5.69 Å². The van der Waals surface area contributed by atoms with E-state index in [0.717, 1.165) is 19.5 Å². The summed E-state index contributed by atoms with van der Waals surface area (Å²) < 4.78 is 26.4. The molecule has 2 N–H and O–H groups in total. The molecule has 0 spiro atoms. The predicted octanol–water partition coefficient (Wildman–Crippen LogP) is 2.94. The number of anilines is 1. The summed E-state index contributed by atoms with van der Waals surface area (Å²) in [5.41, 5.74) is 1.84. The van der Waals surface area contributed by atoms with Crippen LogP contribution < -0.4 is 10.0 Å². The summed E-state index contributed by atoms with van der Waals surface area (Å²) in [6.45, 7) is 7.99. The molecule has 20 heavy (non-hydrogen) atoms. The zero-order chi connectivity index (χ0) is 15.0. The highest BCUT2D eigenvalue weighted by molar-refractivity contribution is 7.92. The van der Waals surface area contributed by atoms with Crippen molar-refractivity contribution >= 4 is 15.7 Å². The molecule has 1 aromatic carbocycles. The van der Waals surface area contributed by atoms with E-state index in [4.69, 9.17) is 0 Å². The number of sulfonamides is 1. The van der Waals surface area contributed by atoms with Gasteiger partial charge in [0.25, 0.3) is 0 Å². The van der Waals surface area contributed by atoms with E-state index in [1.807, 2.05) is 24.3 Å². The Hall–Kier alpha value is -1.07. The van der Waals surface area contributed by atoms with Gasteiger partial charge in [-0.15, -0.1) is 0 Å². The number of nitrogens with one attached hydrogen (secondary N) is 2. The maximum absolute atomic E-state index is 11.9. The number of hydrogen-bond donors (Lipinski definition) is 2. The predicted molar refractivity (Wildman–Crippen MR) is 85.7 cm³/mol. The van der Waals surface area contributed by atoms with Gasteiger partial charge in [-0.25, -0.2) is 8.42 Å². The third-order valence-electron chi connectivity index (χ3n) is 3.04. The minimum Gasteiger partial charge on any atom is -0.317 e. The zero-order valence-electron chi connectivity index (χ0n) is 12.6. The molecule has 0 unspecified atom stereocenters. The smallest absolute Gasteiger partial charge is 0.232 e. The Morgan fingerprint density at radius 1 is 1.10 bits per heavy atom. The van der Waals surface area contributed by atoms with Gasteiger partial charge in [0.1, 0.15) is 0 Å². The van der Waals surface area contributed by atoms with Crippen LogP contribution in [0.15, 0.2) is 24.3 Å². The zero-order valence-corrected chi connectivity index (χ0v) is 13.5. The molecule has 0 aliphatic carbocycles. The first-order valence-electron chi connectivity index (χ1n) is 7.26. The largest absolute Gasteiger partial charge is 0.317 e. The lowest BCUT2D eigenvalue weighted by Crippen LogP contribution is -2.22. The molecule has 0 aliphatic heterocycles. The van der Waals surface area contributed by atoms with Crippen molar-refractivity contribution in [1.82, 2.24) is 5.32 Å². The SMILES string of the molecule is CCCNCCCS(=O)(=O)Nc1ccc(C(C)C)cc1. The molecule has 5 heteroatoms. The van der Waals surface area contributed by atoms with Crippen molar-refractivity contribution in [1.29, 1.82) is 0 Å². The van der Waals surface area contributed by atoms with Crippen molar-refractivity contribution in [3.63, 3.8) is 0 Å². The van der Waals surface area contributed by atoms with Crippen LogP contribution >= 0.6 is 0 Å². The van der Waals surface area contributed by atoms with Crippen molar-refractivity contribution in [2.45, 2.75) is 39.5 Å². The first-order valence-corrected chi connectivity index (χ1v) is 8.91. The Bertz CT molecular complexity index is 481. The third kappa shape index (κ3) is 6.39. The number of rotatable bonds is 9. The lowest BCUT2D eigenvalue weighted by molar-refractivity contribution is 0.593. The fraction of sp³-hybridized carbons (Fsp3) is 0.600. The van der Waals surface area contributed by atoms with Gasteiger partial charge >= 0.3 is 0 Å². The molecule has 0 saturated carbocycles. The van der Waals surface area contributed by atoms with Gasteiger partial charge in [0.2, 0.25) is 10.0 Å². The van der Waals surface area contributed by atoms with Crippen LogP contribution in [0.2, 0.25) is 0 Å². The maximum Gasteiger partial charge on any atom is 0.232 e. The van der Waals surface area contributed by atoms with Crippen molar-refractivity contribution in [3.8, 4) is 0 Å². The van der Waals surface area contributed by atoms with Crippen LogP contribution in [-0.2, 0) is 10.0 Å². The Morgan fingerprint density at radius 3 is 2.30 bits per heavy atom. The summed E-state index contributed by atoms with van der Waals surface area (Å²) in [6, 6.07) is 7.57. The molecule has 0 bridgehead atoms. The summed E-state index contributed by atoms with van der Waals surface area (Å²) in [5, 5.41) is 3.20. The highest BCUT2D eigenvalue weighted by Gasteiger charge is 2.10. The Labute approximate surface area is 123 Å². The molecule has 0 amide bonds. The molecule has 0 fully saturated rings. The molecular formula is C15H26N2O2S. The number of benzene rings is 1. The Kier molecular flexibility index (Phi) is 7.02. The van der Waals surface area contributed by atoms with Gasteiger partial charge in [-0.1, -0.05) is 32.9 Å². The highest BCUT2D eigenvalue weighted by atomic mass is 32.2. The molecule has 1 rings (SSSR count). The second-order valence-corrected chi connectivity index (χ2v) is 7.14. The topological polar surface area (TPSA) is 58.2 Å².